The Morgan fingerprint density at radius 1 is 1.30 bits per heavy atom. The molecule has 1 aromatic rings. The first-order chi connectivity index (χ1) is 10.4. The van der Waals surface area contributed by atoms with Gasteiger partial charge < -0.3 is 11.1 Å². The highest BCUT2D eigenvalue weighted by Crippen LogP contribution is 2.31. The van der Waals surface area contributed by atoms with E-state index >= 15 is 0 Å². The van der Waals surface area contributed by atoms with Crippen molar-refractivity contribution >= 4 is 44.1 Å². The van der Waals surface area contributed by atoms with E-state index < -0.39 is 9.84 Å². The first kappa shape index (κ1) is 20.4. The molecule has 23 heavy (non-hydrogen) atoms. The van der Waals surface area contributed by atoms with Crippen molar-refractivity contribution in [3.63, 3.8) is 0 Å². The van der Waals surface area contributed by atoms with Gasteiger partial charge in [-0.1, -0.05) is 15.9 Å². The molecule has 3 N–H and O–H groups in total. The predicted molar refractivity (Wildman–Crippen MR) is 96.4 cm³/mol. The molecule has 1 unspecified atom stereocenters. The average Bonchev–Trinajstić information content (AvgIpc) is 3.29. The van der Waals surface area contributed by atoms with Gasteiger partial charge in [-0.2, -0.15) is 0 Å². The summed E-state index contributed by atoms with van der Waals surface area (Å²) in [7, 11) is -3.33. The van der Waals surface area contributed by atoms with E-state index in [0.717, 1.165) is 17.3 Å². The predicted octanol–water partition coefficient (Wildman–Crippen LogP) is 2.28. The Balaban J connectivity index is 0.00000264. The van der Waals surface area contributed by atoms with Crippen molar-refractivity contribution in [1.82, 2.24) is 5.32 Å². The van der Waals surface area contributed by atoms with Crippen LogP contribution in [0.5, 0.6) is 0 Å². The lowest BCUT2D eigenvalue weighted by Gasteiger charge is -2.11. The minimum absolute atomic E-state index is 0. The van der Waals surface area contributed by atoms with E-state index in [0.29, 0.717) is 18.9 Å². The first-order valence-corrected chi connectivity index (χ1v) is 9.83. The number of sulfone groups is 1. The van der Waals surface area contributed by atoms with Crippen LogP contribution in [0.2, 0.25) is 0 Å². The molecule has 5 nitrogen and oxygen atoms in total. The van der Waals surface area contributed by atoms with Crippen molar-refractivity contribution < 1.29 is 13.2 Å². The number of nitrogens with one attached hydrogen (secondary N) is 1. The number of benzene rings is 1. The lowest BCUT2D eigenvalue weighted by Crippen LogP contribution is -2.38. The number of halogens is 2. The highest BCUT2D eigenvalue weighted by molar-refractivity contribution is 9.10. The van der Waals surface area contributed by atoms with E-state index in [-0.39, 0.29) is 41.4 Å². The second-order valence-electron chi connectivity index (χ2n) is 5.68. The van der Waals surface area contributed by atoms with E-state index in [1.54, 1.807) is 24.3 Å². The molecule has 130 valence electrons. The van der Waals surface area contributed by atoms with Crippen molar-refractivity contribution in [2.45, 2.75) is 36.6 Å². The number of carbonyl (C=O) groups excluding carboxylic acids is 1. The number of carbonyl (C=O) groups is 1. The van der Waals surface area contributed by atoms with E-state index in [4.69, 9.17) is 5.73 Å². The standard InChI is InChI=1S/C15H21BrN2O3S.ClH/c16-12-5-7-13(8-6-12)22(20,21)9-1-2-15(19)18-10-14(17)11-3-4-11;/h5-8,11,14H,1-4,9-10,17H2,(H,18,19);1H. The molecule has 0 bridgehead atoms. The molecule has 1 fully saturated rings. The number of hydrogen-bond acceptors (Lipinski definition) is 4. The van der Waals surface area contributed by atoms with Gasteiger partial charge in [-0.15, -0.1) is 12.4 Å². The third-order valence-corrected chi connectivity index (χ3v) is 6.10. The van der Waals surface area contributed by atoms with Gasteiger partial charge in [0, 0.05) is 23.5 Å². The Morgan fingerprint density at radius 3 is 2.48 bits per heavy atom. The van der Waals surface area contributed by atoms with Gasteiger partial charge in [0.05, 0.1) is 10.6 Å². The minimum Gasteiger partial charge on any atom is -0.355 e. The third kappa shape index (κ3) is 6.79. The molecule has 1 atom stereocenters. The molecule has 1 saturated carbocycles. The summed E-state index contributed by atoms with van der Waals surface area (Å²) < 4.78 is 25.1. The molecule has 0 saturated heterocycles. The molecule has 8 heteroatoms. The zero-order valence-electron chi connectivity index (χ0n) is 12.7. The fourth-order valence-electron chi connectivity index (χ4n) is 2.19. The smallest absolute Gasteiger partial charge is 0.220 e. The van der Waals surface area contributed by atoms with Gasteiger partial charge in [0.2, 0.25) is 5.91 Å². The maximum atomic E-state index is 12.1. The SMILES string of the molecule is Cl.NC(CNC(=O)CCCS(=O)(=O)c1ccc(Br)cc1)C1CC1. The van der Waals surface area contributed by atoms with Gasteiger partial charge in [0.1, 0.15) is 0 Å². The van der Waals surface area contributed by atoms with Crippen molar-refractivity contribution in [2.75, 3.05) is 12.3 Å². The maximum absolute atomic E-state index is 12.1. The van der Waals surface area contributed by atoms with E-state index in [1.165, 1.54) is 0 Å². The Morgan fingerprint density at radius 2 is 1.91 bits per heavy atom. The molecule has 0 heterocycles. The zero-order valence-corrected chi connectivity index (χ0v) is 15.9. The van der Waals surface area contributed by atoms with Crippen LogP contribution in [-0.4, -0.2) is 32.7 Å². The van der Waals surface area contributed by atoms with Gasteiger partial charge >= 0.3 is 0 Å². The zero-order chi connectivity index (χ0) is 16.2. The Bertz CT molecular complexity index is 618. The largest absolute Gasteiger partial charge is 0.355 e. The summed E-state index contributed by atoms with van der Waals surface area (Å²) >= 11 is 3.27. The Labute approximate surface area is 151 Å². The summed E-state index contributed by atoms with van der Waals surface area (Å²) in [6.07, 6.45) is 2.79. The highest BCUT2D eigenvalue weighted by atomic mass is 79.9. The monoisotopic (exact) mass is 424 g/mol. The molecular formula is C15H22BrClN2O3S. The summed E-state index contributed by atoms with van der Waals surface area (Å²) in [6.45, 7) is 0.475. The van der Waals surface area contributed by atoms with Crippen LogP contribution < -0.4 is 11.1 Å². The summed E-state index contributed by atoms with van der Waals surface area (Å²) in [5.74, 6) is 0.372. The number of rotatable bonds is 8. The first-order valence-electron chi connectivity index (χ1n) is 7.39. The third-order valence-electron chi connectivity index (χ3n) is 3.75. The van der Waals surface area contributed by atoms with Crippen LogP contribution in [0.15, 0.2) is 33.6 Å². The second-order valence-corrected chi connectivity index (χ2v) is 8.71. The fourth-order valence-corrected chi connectivity index (χ4v) is 3.77. The van der Waals surface area contributed by atoms with Crippen LogP contribution in [0.3, 0.4) is 0 Å². The minimum atomic E-state index is -3.33. The van der Waals surface area contributed by atoms with Crippen LogP contribution in [-0.2, 0) is 14.6 Å². The van der Waals surface area contributed by atoms with Gasteiger partial charge in [-0.05, 0) is 49.4 Å². The van der Waals surface area contributed by atoms with Gasteiger partial charge in [0.25, 0.3) is 0 Å². The van der Waals surface area contributed by atoms with Crippen molar-refractivity contribution in [1.29, 1.82) is 0 Å². The number of hydrogen-bond donors (Lipinski definition) is 2. The summed E-state index contributed by atoms with van der Waals surface area (Å²) in [5, 5.41) is 2.77. The van der Waals surface area contributed by atoms with Crippen LogP contribution >= 0.6 is 28.3 Å². The lowest BCUT2D eigenvalue weighted by molar-refractivity contribution is -0.121. The summed E-state index contributed by atoms with van der Waals surface area (Å²) in [5.41, 5.74) is 5.90. The van der Waals surface area contributed by atoms with Gasteiger partial charge in [0.15, 0.2) is 9.84 Å². The quantitative estimate of drug-likeness (QED) is 0.668. The molecule has 0 aliphatic heterocycles. The van der Waals surface area contributed by atoms with Crippen molar-refractivity contribution in [3.8, 4) is 0 Å². The molecule has 0 radical (unpaired) electrons. The normalized spacial score (nSPS) is 15.6. The summed E-state index contributed by atoms with van der Waals surface area (Å²) in [6, 6.07) is 6.54. The molecule has 1 aliphatic carbocycles. The average molecular weight is 426 g/mol. The maximum Gasteiger partial charge on any atom is 0.220 e. The van der Waals surface area contributed by atoms with E-state index in [1.807, 2.05) is 0 Å². The number of amides is 1. The van der Waals surface area contributed by atoms with E-state index in [9.17, 15) is 13.2 Å². The van der Waals surface area contributed by atoms with Crippen LogP contribution in [0.1, 0.15) is 25.7 Å². The Kier molecular flexibility index (Phi) is 8.00. The fraction of sp³-hybridized carbons (Fsp3) is 0.533. The molecule has 2 rings (SSSR count). The number of nitrogens with two attached hydrogens (primary N) is 1. The lowest BCUT2D eigenvalue weighted by atomic mass is 10.2. The topological polar surface area (TPSA) is 89.3 Å². The molecule has 1 aromatic carbocycles. The molecule has 0 aromatic heterocycles. The highest BCUT2D eigenvalue weighted by Gasteiger charge is 2.28. The van der Waals surface area contributed by atoms with Crippen molar-refractivity contribution in [2.24, 2.45) is 11.7 Å². The van der Waals surface area contributed by atoms with Crippen molar-refractivity contribution in [3.05, 3.63) is 28.7 Å². The van der Waals surface area contributed by atoms with Crippen LogP contribution in [0.4, 0.5) is 0 Å². The van der Waals surface area contributed by atoms with E-state index in [2.05, 4.69) is 21.2 Å². The van der Waals surface area contributed by atoms with Gasteiger partial charge in [-0.3, -0.25) is 4.79 Å². The van der Waals surface area contributed by atoms with Gasteiger partial charge in [-0.25, -0.2) is 8.42 Å². The van der Waals surface area contributed by atoms with Crippen LogP contribution in [0, 0.1) is 5.92 Å². The Hall–Kier alpha value is -0.630. The van der Waals surface area contributed by atoms with Crippen LogP contribution in [0.25, 0.3) is 0 Å². The molecular weight excluding hydrogens is 404 g/mol. The molecule has 1 amide bonds. The molecule has 0 spiro atoms. The summed E-state index contributed by atoms with van der Waals surface area (Å²) in [4.78, 5) is 12.0. The molecule has 1 aliphatic rings. The second kappa shape index (κ2) is 9.01.